The molecule has 2 aromatic rings. The molecule has 7 nitrogen and oxygen atoms in total. The third kappa shape index (κ3) is 2.19. The molecule has 0 unspecified atom stereocenters. The van der Waals surface area contributed by atoms with E-state index in [1.165, 1.54) is 4.80 Å². The fourth-order valence-corrected chi connectivity index (χ4v) is 1.36. The fourth-order valence-electron chi connectivity index (χ4n) is 1.36. The van der Waals surface area contributed by atoms with E-state index in [9.17, 15) is 0 Å². The van der Waals surface area contributed by atoms with E-state index in [-0.39, 0.29) is 11.5 Å². The molecule has 0 saturated heterocycles. The molecule has 0 N–H and O–H groups in total. The first-order chi connectivity index (χ1) is 8.24. The third-order valence-electron chi connectivity index (χ3n) is 2.18. The van der Waals surface area contributed by atoms with Gasteiger partial charge in [-0.2, -0.15) is 9.59 Å². The predicted molar refractivity (Wildman–Crippen MR) is 58.6 cm³/mol. The summed E-state index contributed by atoms with van der Waals surface area (Å²) in [6.07, 6.45) is 0. The maximum atomic E-state index is 9.01. The number of hydrogen-bond donors (Lipinski definition) is 0. The summed E-state index contributed by atoms with van der Waals surface area (Å²) in [5.74, 6) is 0.985. The van der Waals surface area contributed by atoms with Gasteiger partial charge in [-0.3, -0.25) is 0 Å². The van der Waals surface area contributed by atoms with Crippen LogP contribution in [0.3, 0.4) is 0 Å². The zero-order valence-corrected chi connectivity index (χ0v) is 9.40. The van der Waals surface area contributed by atoms with Crippen molar-refractivity contribution in [3.05, 3.63) is 41.2 Å². The van der Waals surface area contributed by atoms with Gasteiger partial charge in [0.25, 0.3) is 5.82 Å². The molecule has 2 rings (SSSR count). The molecule has 0 amide bonds. The number of aromatic nitrogens is 4. The van der Waals surface area contributed by atoms with E-state index in [1.807, 2.05) is 0 Å². The number of benzene rings is 1. The largest absolute Gasteiger partial charge is 0.497 e. The Kier molecular flexibility index (Phi) is 2.93. The number of methoxy groups -OCH3 is 1. The Balaban J connectivity index is 2.39. The van der Waals surface area contributed by atoms with Gasteiger partial charge < -0.3 is 10.3 Å². The molecule has 0 atom stereocenters. The summed E-state index contributed by atoms with van der Waals surface area (Å²) in [5.41, 5.74) is 9.95. The maximum Gasteiger partial charge on any atom is 0.370 e. The Hall–Kier alpha value is -2.53. The van der Waals surface area contributed by atoms with E-state index in [2.05, 4.69) is 20.2 Å². The summed E-state index contributed by atoms with van der Waals surface area (Å²) in [5, 5.41) is 11.4. The topological polar surface area (TPSA) is 89.2 Å². The van der Waals surface area contributed by atoms with E-state index in [4.69, 9.17) is 10.3 Å². The van der Waals surface area contributed by atoms with E-state index in [0.717, 1.165) is 5.75 Å². The molecule has 0 aliphatic carbocycles. The molecule has 0 bridgehead atoms. The molecule has 0 radical (unpaired) electrons. The van der Waals surface area contributed by atoms with E-state index < -0.39 is 0 Å². The van der Waals surface area contributed by atoms with Gasteiger partial charge in [0.2, 0.25) is 0 Å². The van der Waals surface area contributed by atoms with Crippen molar-refractivity contribution in [2.24, 2.45) is 7.05 Å². The molecule has 0 saturated carbocycles. The lowest BCUT2D eigenvalue weighted by molar-refractivity contribution is -0.00351. The molecule has 0 fully saturated rings. The Morgan fingerprint density at radius 1 is 1.35 bits per heavy atom. The third-order valence-corrected chi connectivity index (χ3v) is 2.18. The van der Waals surface area contributed by atoms with E-state index in [0.29, 0.717) is 5.56 Å². The van der Waals surface area contributed by atoms with Crippen molar-refractivity contribution >= 4 is 5.71 Å². The van der Waals surface area contributed by atoms with Gasteiger partial charge in [0.05, 0.1) is 19.7 Å². The number of nitrogens with zero attached hydrogens (tertiary/aromatic N) is 6. The molecular formula is C10H10N6O. The average Bonchev–Trinajstić information content (AvgIpc) is 2.78. The minimum atomic E-state index is 0.264. The first-order valence-electron chi connectivity index (χ1n) is 4.85. The number of rotatable bonds is 3. The summed E-state index contributed by atoms with van der Waals surface area (Å²) >= 11 is 0. The molecule has 1 aromatic carbocycles. The van der Waals surface area contributed by atoms with Crippen molar-refractivity contribution in [2.75, 3.05) is 7.11 Å². The zero-order chi connectivity index (χ0) is 12.3. The first kappa shape index (κ1) is 11.0. The summed E-state index contributed by atoms with van der Waals surface area (Å²) in [7, 11) is 3.22. The van der Waals surface area contributed by atoms with Crippen LogP contribution in [0.25, 0.3) is 5.53 Å². The van der Waals surface area contributed by atoms with Gasteiger partial charge in [0.1, 0.15) is 5.75 Å². The van der Waals surface area contributed by atoms with Crippen LogP contribution in [0.4, 0.5) is 0 Å². The van der Waals surface area contributed by atoms with Crippen molar-refractivity contribution in [2.45, 2.75) is 0 Å². The van der Waals surface area contributed by atoms with Crippen molar-refractivity contribution in [1.82, 2.24) is 20.2 Å². The summed E-state index contributed by atoms with van der Waals surface area (Å²) in [6, 6.07) is 7.03. The standard InChI is InChI=1S/C10H10N6O/c1-16-14-10(13-15-16)9(12-11)7-3-5-8(17-2)6-4-7/h3-6H,1-2H3. The number of tetrazole rings is 1. The van der Waals surface area contributed by atoms with Crippen LogP contribution in [0.15, 0.2) is 24.3 Å². The predicted octanol–water partition coefficient (Wildman–Crippen LogP) is 0.286. The van der Waals surface area contributed by atoms with Crippen molar-refractivity contribution in [3.8, 4) is 5.75 Å². The Labute approximate surface area is 97.3 Å². The van der Waals surface area contributed by atoms with Crippen molar-refractivity contribution in [3.63, 3.8) is 0 Å². The Bertz CT molecular complexity index is 567. The Morgan fingerprint density at radius 3 is 2.53 bits per heavy atom. The molecule has 0 spiro atoms. The summed E-state index contributed by atoms with van der Waals surface area (Å²) in [6.45, 7) is 0. The molecule has 0 aliphatic heterocycles. The van der Waals surface area contributed by atoms with Crippen LogP contribution < -0.4 is 4.74 Å². The highest BCUT2D eigenvalue weighted by molar-refractivity contribution is 6.06. The highest BCUT2D eigenvalue weighted by Gasteiger charge is 2.20. The number of hydrogen-bond acceptors (Lipinski definition) is 4. The maximum absolute atomic E-state index is 9.01. The average molecular weight is 230 g/mol. The highest BCUT2D eigenvalue weighted by Crippen LogP contribution is 2.12. The lowest BCUT2D eigenvalue weighted by Gasteiger charge is -1.98. The monoisotopic (exact) mass is 230 g/mol. The van der Waals surface area contributed by atoms with E-state index in [1.54, 1.807) is 38.4 Å². The molecule has 86 valence electrons. The van der Waals surface area contributed by atoms with Gasteiger partial charge in [-0.05, 0) is 29.5 Å². The normalized spacial score (nSPS) is 9.76. The molecule has 17 heavy (non-hydrogen) atoms. The smallest absolute Gasteiger partial charge is 0.370 e. The second-order valence-electron chi connectivity index (χ2n) is 3.28. The zero-order valence-electron chi connectivity index (χ0n) is 9.40. The van der Waals surface area contributed by atoms with Crippen LogP contribution in [-0.2, 0) is 7.05 Å². The number of ether oxygens (including phenoxy) is 1. The lowest BCUT2D eigenvalue weighted by atomic mass is 10.1. The molecular weight excluding hydrogens is 220 g/mol. The minimum Gasteiger partial charge on any atom is -0.497 e. The molecule has 1 heterocycles. The van der Waals surface area contributed by atoms with Gasteiger partial charge in [0.15, 0.2) is 0 Å². The second kappa shape index (κ2) is 4.54. The minimum absolute atomic E-state index is 0.264. The van der Waals surface area contributed by atoms with Gasteiger partial charge in [-0.25, -0.2) is 0 Å². The van der Waals surface area contributed by atoms with Crippen LogP contribution in [0.1, 0.15) is 11.4 Å². The molecule has 0 aliphatic rings. The summed E-state index contributed by atoms with van der Waals surface area (Å²) < 4.78 is 5.04. The number of aryl methyl sites for hydroxylation is 1. The summed E-state index contributed by atoms with van der Waals surface area (Å²) in [4.78, 5) is 4.49. The van der Waals surface area contributed by atoms with Crippen molar-refractivity contribution < 1.29 is 9.53 Å². The molecule has 1 aromatic heterocycles. The van der Waals surface area contributed by atoms with Crippen LogP contribution in [0.5, 0.6) is 5.75 Å². The quantitative estimate of drug-likeness (QED) is 0.430. The molecule has 7 heteroatoms. The van der Waals surface area contributed by atoms with Gasteiger partial charge in [-0.15, -0.1) is 10.2 Å². The van der Waals surface area contributed by atoms with Gasteiger partial charge in [-0.1, -0.05) is 0 Å². The second-order valence-corrected chi connectivity index (χ2v) is 3.28. The highest BCUT2D eigenvalue weighted by atomic mass is 16.5. The fraction of sp³-hybridized carbons (Fsp3) is 0.200. The van der Waals surface area contributed by atoms with Crippen LogP contribution in [0.2, 0.25) is 0 Å². The Morgan fingerprint density at radius 2 is 2.06 bits per heavy atom. The van der Waals surface area contributed by atoms with Gasteiger partial charge >= 0.3 is 5.71 Å². The van der Waals surface area contributed by atoms with Crippen LogP contribution >= 0.6 is 0 Å². The van der Waals surface area contributed by atoms with Crippen molar-refractivity contribution in [1.29, 1.82) is 0 Å². The van der Waals surface area contributed by atoms with Crippen LogP contribution in [0, 0.1) is 0 Å². The van der Waals surface area contributed by atoms with E-state index >= 15 is 0 Å². The lowest BCUT2D eigenvalue weighted by Crippen LogP contribution is -2.07. The first-order valence-corrected chi connectivity index (χ1v) is 4.85. The SMILES string of the molecule is COc1ccc(C(=[N+]=[N-])c2nnn(C)n2)cc1. The van der Waals surface area contributed by atoms with Crippen LogP contribution in [-0.4, -0.2) is 37.8 Å². The van der Waals surface area contributed by atoms with Gasteiger partial charge in [0, 0.05) is 0 Å².